The molecule has 1 heterocycles. The Morgan fingerprint density at radius 3 is 2.16 bits per heavy atom. The van der Waals surface area contributed by atoms with Gasteiger partial charge in [0, 0.05) is 6.42 Å². The quantitative estimate of drug-likeness (QED) is 0.235. The van der Waals surface area contributed by atoms with Gasteiger partial charge in [0.1, 0.15) is 42.1 Å². The molecule has 2 aromatic carbocycles. The second-order valence-electron chi connectivity index (χ2n) is 10.6. The fourth-order valence-corrected chi connectivity index (χ4v) is 4.44. The lowest BCUT2D eigenvalue weighted by Crippen LogP contribution is -2.56. The Hall–Kier alpha value is -4.59. The van der Waals surface area contributed by atoms with E-state index in [9.17, 15) is 37.9 Å². The third-order valence-electron chi connectivity index (χ3n) is 6.86. The number of aliphatic hydroxyl groups excluding tert-OH is 1. The van der Waals surface area contributed by atoms with Crippen LogP contribution in [0.5, 0.6) is 5.75 Å². The average molecular weight is 618 g/mol. The summed E-state index contributed by atoms with van der Waals surface area (Å²) in [7, 11) is 0. The van der Waals surface area contributed by atoms with E-state index in [0.717, 1.165) is 12.1 Å². The normalized spacial score (nSPS) is 22.0. The maximum absolute atomic E-state index is 13.6. The Balaban J connectivity index is 1.81. The summed E-state index contributed by atoms with van der Waals surface area (Å²) in [6.07, 6.45) is -0.744. The molecule has 2 aromatic rings. The Kier molecular flexibility index (Phi) is 12.6. The Bertz CT molecular complexity index is 1310. The first kappa shape index (κ1) is 33.9. The molecule has 1 aliphatic rings. The number of rotatable bonds is 8. The molecular weight excluding hydrogens is 580 g/mol. The molecule has 4 atom stereocenters. The number of halogens is 2. The van der Waals surface area contributed by atoms with E-state index in [4.69, 9.17) is 4.74 Å². The SMILES string of the molecule is CC(C)[C@H]1NC(=O)CC[C@@H](C(=O)NCCOc2ccc(F)cc2)NC(=O)C[C@H](c2ccc(F)cc2)NC(=O)[C@H](CO)NC1=O. The maximum atomic E-state index is 13.6. The molecule has 14 heteroatoms. The maximum Gasteiger partial charge on any atom is 0.245 e. The molecule has 0 aromatic heterocycles. The minimum Gasteiger partial charge on any atom is -0.492 e. The summed E-state index contributed by atoms with van der Waals surface area (Å²) in [6.45, 7) is 2.66. The van der Waals surface area contributed by atoms with Gasteiger partial charge in [0.25, 0.3) is 0 Å². The van der Waals surface area contributed by atoms with Gasteiger partial charge in [0.05, 0.1) is 25.6 Å². The molecule has 0 unspecified atom stereocenters. The van der Waals surface area contributed by atoms with E-state index in [1.165, 1.54) is 36.4 Å². The smallest absolute Gasteiger partial charge is 0.245 e. The Labute approximate surface area is 253 Å². The van der Waals surface area contributed by atoms with E-state index >= 15 is 0 Å². The van der Waals surface area contributed by atoms with E-state index in [-0.39, 0.29) is 32.4 Å². The summed E-state index contributed by atoms with van der Waals surface area (Å²) in [4.78, 5) is 65.2. The number of ether oxygens (including phenoxy) is 1. The number of benzene rings is 2. The first-order chi connectivity index (χ1) is 21.0. The number of hydrogen-bond donors (Lipinski definition) is 6. The highest BCUT2D eigenvalue weighted by atomic mass is 19.1. The van der Waals surface area contributed by atoms with Crippen molar-refractivity contribution in [1.29, 1.82) is 0 Å². The van der Waals surface area contributed by atoms with Gasteiger partial charge in [-0.05, 0) is 54.3 Å². The van der Waals surface area contributed by atoms with Crippen LogP contribution in [0.15, 0.2) is 48.5 Å². The predicted octanol–water partition coefficient (Wildman–Crippen LogP) is 0.604. The van der Waals surface area contributed by atoms with E-state index in [1.807, 2.05) is 0 Å². The third kappa shape index (κ3) is 10.3. The molecule has 0 spiro atoms. The molecule has 0 radical (unpaired) electrons. The summed E-state index contributed by atoms with van der Waals surface area (Å²) >= 11 is 0. The molecule has 0 aliphatic carbocycles. The monoisotopic (exact) mass is 617 g/mol. The molecule has 5 amide bonds. The number of amides is 5. The van der Waals surface area contributed by atoms with Crippen LogP contribution in [0.2, 0.25) is 0 Å². The molecule has 1 saturated heterocycles. The zero-order valence-electron chi connectivity index (χ0n) is 24.4. The lowest BCUT2D eigenvalue weighted by Gasteiger charge is -2.26. The Morgan fingerprint density at radius 2 is 1.55 bits per heavy atom. The van der Waals surface area contributed by atoms with Crippen LogP contribution in [0, 0.1) is 17.6 Å². The summed E-state index contributed by atoms with van der Waals surface area (Å²) in [5.74, 6) is -4.35. The van der Waals surface area contributed by atoms with Crippen LogP contribution >= 0.6 is 0 Å². The molecule has 6 N–H and O–H groups in total. The first-order valence-electron chi connectivity index (χ1n) is 14.2. The molecule has 1 fully saturated rings. The summed E-state index contributed by atoms with van der Waals surface area (Å²) < 4.78 is 32.2. The summed E-state index contributed by atoms with van der Waals surface area (Å²) in [5, 5.41) is 22.7. The largest absolute Gasteiger partial charge is 0.492 e. The van der Waals surface area contributed by atoms with Gasteiger partial charge >= 0.3 is 0 Å². The summed E-state index contributed by atoms with van der Waals surface area (Å²) in [5.41, 5.74) is 0.359. The second kappa shape index (κ2) is 16.3. The van der Waals surface area contributed by atoms with Crippen LogP contribution < -0.4 is 31.3 Å². The van der Waals surface area contributed by atoms with Crippen molar-refractivity contribution in [3.8, 4) is 5.75 Å². The minimum atomic E-state index is -1.41. The van der Waals surface area contributed by atoms with Crippen LogP contribution in [0.4, 0.5) is 8.78 Å². The predicted molar refractivity (Wildman–Crippen MR) is 154 cm³/mol. The second-order valence-corrected chi connectivity index (χ2v) is 10.6. The van der Waals surface area contributed by atoms with Crippen molar-refractivity contribution < 1.29 is 42.6 Å². The fraction of sp³-hybridized carbons (Fsp3) is 0.433. The van der Waals surface area contributed by atoms with E-state index in [1.54, 1.807) is 13.8 Å². The minimum absolute atomic E-state index is 0.0289. The van der Waals surface area contributed by atoms with Crippen LogP contribution in [0.1, 0.15) is 44.7 Å². The van der Waals surface area contributed by atoms with Crippen molar-refractivity contribution in [3.63, 3.8) is 0 Å². The Morgan fingerprint density at radius 1 is 0.909 bits per heavy atom. The standard InChI is InChI=1S/C30H37F2N5O7/c1-17(2)27-30(43)36-24(16-38)29(42)35-23(18-3-5-19(31)6-4-18)15-26(40)34-22(11-12-25(39)37-27)28(41)33-13-14-44-21-9-7-20(32)8-10-21/h3-10,17,22-24,27,38H,11-16H2,1-2H3,(H,33,41)(H,34,40)(H,35,42)(H,36,43)(H,37,39)/t22-,23+,24-,27+/m0/s1. The van der Waals surface area contributed by atoms with E-state index in [0.29, 0.717) is 11.3 Å². The van der Waals surface area contributed by atoms with Gasteiger partial charge in [0.2, 0.25) is 29.5 Å². The number of carbonyl (C=O) groups is 5. The van der Waals surface area contributed by atoms with Gasteiger partial charge in [-0.2, -0.15) is 0 Å². The molecule has 1 aliphatic heterocycles. The van der Waals surface area contributed by atoms with Crippen molar-refractivity contribution in [2.24, 2.45) is 5.92 Å². The highest BCUT2D eigenvalue weighted by Gasteiger charge is 2.32. The van der Waals surface area contributed by atoms with Crippen molar-refractivity contribution in [2.45, 2.75) is 57.3 Å². The molecule has 0 bridgehead atoms. The highest BCUT2D eigenvalue weighted by molar-refractivity contribution is 5.93. The van der Waals surface area contributed by atoms with Crippen LogP contribution in [-0.2, 0) is 24.0 Å². The molecule has 3 rings (SSSR count). The third-order valence-corrected chi connectivity index (χ3v) is 6.86. The van der Waals surface area contributed by atoms with Crippen LogP contribution in [-0.4, -0.2) is 72.5 Å². The molecule has 238 valence electrons. The number of carbonyl (C=O) groups excluding carboxylic acids is 5. The molecular formula is C30H37F2N5O7. The number of hydrogen-bond acceptors (Lipinski definition) is 7. The average Bonchev–Trinajstić information content (AvgIpc) is 2.99. The van der Waals surface area contributed by atoms with Crippen LogP contribution in [0.25, 0.3) is 0 Å². The van der Waals surface area contributed by atoms with Crippen molar-refractivity contribution >= 4 is 29.5 Å². The fourth-order valence-electron chi connectivity index (χ4n) is 4.44. The zero-order chi connectivity index (χ0) is 32.2. The van der Waals surface area contributed by atoms with Crippen molar-refractivity contribution in [2.75, 3.05) is 19.8 Å². The number of aliphatic hydroxyl groups is 1. The van der Waals surface area contributed by atoms with E-state index < -0.39 is 77.9 Å². The topological polar surface area (TPSA) is 175 Å². The lowest BCUT2D eigenvalue weighted by molar-refractivity contribution is -0.134. The van der Waals surface area contributed by atoms with Gasteiger partial charge in [-0.15, -0.1) is 0 Å². The van der Waals surface area contributed by atoms with Crippen molar-refractivity contribution in [3.05, 3.63) is 65.7 Å². The van der Waals surface area contributed by atoms with Crippen molar-refractivity contribution in [1.82, 2.24) is 26.6 Å². The van der Waals surface area contributed by atoms with Gasteiger partial charge < -0.3 is 36.4 Å². The molecule has 44 heavy (non-hydrogen) atoms. The van der Waals surface area contributed by atoms with Crippen LogP contribution in [0.3, 0.4) is 0 Å². The van der Waals surface area contributed by atoms with Gasteiger partial charge in [0.15, 0.2) is 0 Å². The molecule has 12 nitrogen and oxygen atoms in total. The molecule has 0 saturated carbocycles. The van der Waals surface area contributed by atoms with Gasteiger partial charge in [-0.3, -0.25) is 24.0 Å². The highest BCUT2D eigenvalue weighted by Crippen LogP contribution is 2.19. The number of nitrogens with one attached hydrogen (secondary N) is 5. The van der Waals surface area contributed by atoms with E-state index in [2.05, 4.69) is 26.6 Å². The summed E-state index contributed by atoms with van der Waals surface area (Å²) in [6, 6.07) is 5.69. The first-order valence-corrected chi connectivity index (χ1v) is 14.2. The zero-order valence-corrected chi connectivity index (χ0v) is 24.4. The lowest BCUT2D eigenvalue weighted by atomic mass is 10.0. The van der Waals surface area contributed by atoms with Gasteiger partial charge in [-0.25, -0.2) is 8.78 Å². The van der Waals surface area contributed by atoms with Gasteiger partial charge in [-0.1, -0.05) is 26.0 Å².